The fourth-order valence-electron chi connectivity index (χ4n) is 3.46. The van der Waals surface area contributed by atoms with Gasteiger partial charge in [-0.15, -0.1) is 23.7 Å². The highest BCUT2D eigenvalue weighted by molar-refractivity contribution is 7.17. The molecule has 3 aromatic rings. The summed E-state index contributed by atoms with van der Waals surface area (Å²) in [4.78, 5) is 14.4. The number of thiophene rings is 1. The van der Waals surface area contributed by atoms with Gasteiger partial charge in [0, 0.05) is 40.2 Å². The summed E-state index contributed by atoms with van der Waals surface area (Å²) in [5, 5.41) is 13.8. The van der Waals surface area contributed by atoms with Crippen LogP contribution in [0.1, 0.15) is 12.5 Å². The molecular weight excluding hydrogens is 396 g/mol. The molecule has 2 heterocycles. The maximum absolute atomic E-state index is 12.6. The molecule has 0 saturated carbocycles. The highest BCUT2D eigenvalue weighted by atomic mass is 35.5. The standard InChI is InChI=1S/C21H22N2O3S.ClH/c1-13(10-22)21(25)23-6-7-26-20-15(11-23)8-14(9-18(20)24)17-12-27-19-5-3-2-4-16(17)19;/h2-5,8-9,12-13,24H,6-7,10-11,22H2,1H3;1H. The van der Waals surface area contributed by atoms with Crippen molar-refractivity contribution in [1.29, 1.82) is 0 Å². The van der Waals surface area contributed by atoms with E-state index in [4.69, 9.17) is 10.5 Å². The van der Waals surface area contributed by atoms with E-state index in [0.717, 1.165) is 22.1 Å². The van der Waals surface area contributed by atoms with Crippen LogP contribution in [0.3, 0.4) is 0 Å². The van der Waals surface area contributed by atoms with Crippen molar-refractivity contribution < 1.29 is 14.6 Å². The lowest BCUT2D eigenvalue weighted by Crippen LogP contribution is -2.38. The number of hydrogen-bond donors (Lipinski definition) is 2. The van der Waals surface area contributed by atoms with E-state index in [0.29, 0.717) is 32.0 Å². The second-order valence-electron chi connectivity index (χ2n) is 6.87. The third kappa shape index (κ3) is 3.68. The predicted molar refractivity (Wildman–Crippen MR) is 115 cm³/mol. The Labute approximate surface area is 174 Å². The van der Waals surface area contributed by atoms with E-state index in [1.807, 2.05) is 25.1 Å². The highest BCUT2D eigenvalue weighted by Crippen LogP contribution is 2.41. The number of rotatable bonds is 3. The third-order valence-corrected chi connectivity index (χ3v) is 5.96. The predicted octanol–water partition coefficient (Wildman–Crippen LogP) is 4.01. The summed E-state index contributed by atoms with van der Waals surface area (Å²) in [6, 6.07) is 12.0. The van der Waals surface area contributed by atoms with Crippen LogP contribution in [0.25, 0.3) is 21.2 Å². The van der Waals surface area contributed by atoms with E-state index >= 15 is 0 Å². The van der Waals surface area contributed by atoms with Crippen molar-refractivity contribution in [3.63, 3.8) is 0 Å². The van der Waals surface area contributed by atoms with Crippen molar-refractivity contribution in [3.8, 4) is 22.6 Å². The largest absolute Gasteiger partial charge is 0.504 e. The number of carbonyl (C=O) groups is 1. The number of benzene rings is 2. The van der Waals surface area contributed by atoms with Crippen LogP contribution in [0.4, 0.5) is 0 Å². The molecule has 5 nitrogen and oxygen atoms in total. The SMILES string of the molecule is CC(CN)C(=O)N1CCOc2c(O)cc(-c3csc4ccccc34)cc2C1.Cl. The zero-order valence-electron chi connectivity index (χ0n) is 15.6. The number of aromatic hydroxyl groups is 1. The summed E-state index contributed by atoms with van der Waals surface area (Å²) in [7, 11) is 0. The van der Waals surface area contributed by atoms with Crippen LogP contribution in [-0.4, -0.2) is 35.6 Å². The van der Waals surface area contributed by atoms with E-state index in [1.165, 1.54) is 4.70 Å². The third-order valence-electron chi connectivity index (χ3n) is 4.99. The molecule has 1 unspecified atom stereocenters. The normalized spacial score (nSPS) is 14.6. The molecule has 148 valence electrons. The van der Waals surface area contributed by atoms with Gasteiger partial charge in [0.1, 0.15) is 6.61 Å². The van der Waals surface area contributed by atoms with E-state index in [9.17, 15) is 9.90 Å². The lowest BCUT2D eigenvalue weighted by atomic mass is 10.0. The van der Waals surface area contributed by atoms with Crippen molar-refractivity contribution in [2.75, 3.05) is 19.7 Å². The zero-order valence-corrected chi connectivity index (χ0v) is 17.2. The number of phenols is 1. The molecule has 0 saturated heterocycles. The van der Waals surface area contributed by atoms with Gasteiger partial charge in [0.25, 0.3) is 0 Å². The number of hydrogen-bond acceptors (Lipinski definition) is 5. The summed E-state index contributed by atoms with van der Waals surface area (Å²) in [5.41, 5.74) is 8.48. The second kappa shape index (κ2) is 8.39. The smallest absolute Gasteiger partial charge is 0.227 e. The van der Waals surface area contributed by atoms with Crippen LogP contribution in [0.15, 0.2) is 41.8 Å². The molecule has 1 aromatic heterocycles. The number of halogens is 1. The molecule has 1 atom stereocenters. The Bertz CT molecular complexity index is 1000. The van der Waals surface area contributed by atoms with Crippen LogP contribution < -0.4 is 10.5 Å². The first-order valence-electron chi connectivity index (χ1n) is 9.02. The van der Waals surface area contributed by atoms with Crippen LogP contribution in [0, 0.1) is 5.92 Å². The Hall–Kier alpha value is -2.28. The van der Waals surface area contributed by atoms with Crippen molar-refractivity contribution in [2.45, 2.75) is 13.5 Å². The molecule has 0 radical (unpaired) electrons. The molecule has 28 heavy (non-hydrogen) atoms. The monoisotopic (exact) mass is 418 g/mol. The first-order valence-corrected chi connectivity index (χ1v) is 9.90. The van der Waals surface area contributed by atoms with Gasteiger partial charge in [0.2, 0.25) is 5.91 Å². The molecule has 1 aliphatic heterocycles. The topological polar surface area (TPSA) is 75.8 Å². The fourth-order valence-corrected chi connectivity index (χ4v) is 4.43. The molecule has 2 aromatic carbocycles. The van der Waals surface area contributed by atoms with Gasteiger partial charge in [-0.3, -0.25) is 4.79 Å². The van der Waals surface area contributed by atoms with Crippen LogP contribution in [-0.2, 0) is 11.3 Å². The van der Waals surface area contributed by atoms with E-state index < -0.39 is 0 Å². The van der Waals surface area contributed by atoms with Gasteiger partial charge < -0.3 is 20.5 Å². The first-order chi connectivity index (χ1) is 13.1. The summed E-state index contributed by atoms with van der Waals surface area (Å²) in [6.07, 6.45) is 0. The van der Waals surface area contributed by atoms with E-state index in [1.54, 1.807) is 22.3 Å². The minimum absolute atomic E-state index is 0. The minimum Gasteiger partial charge on any atom is -0.504 e. The number of phenolic OH excluding ortho intramolecular Hbond substituents is 1. The van der Waals surface area contributed by atoms with Crippen LogP contribution in [0.5, 0.6) is 11.5 Å². The van der Waals surface area contributed by atoms with Crippen molar-refractivity contribution in [3.05, 3.63) is 47.3 Å². The van der Waals surface area contributed by atoms with Crippen LogP contribution >= 0.6 is 23.7 Å². The molecular formula is C21H23ClN2O3S. The Morgan fingerprint density at radius 3 is 2.93 bits per heavy atom. The van der Waals surface area contributed by atoms with E-state index in [2.05, 4.69) is 17.5 Å². The number of nitrogens with zero attached hydrogens (tertiary/aromatic N) is 1. The van der Waals surface area contributed by atoms with Gasteiger partial charge >= 0.3 is 0 Å². The van der Waals surface area contributed by atoms with Gasteiger partial charge in [-0.2, -0.15) is 0 Å². The zero-order chi connectivity index (χ0) is 19.0. The molecule has 3 N–H and O–H groups in total. The summed E-state index contributed by atoms with van der Waals surface area (Å²) < 4.78 is 6.96. The minimum atomic E-state index is -0.232. The molecule has 0 aliphatic carbocycles. The lowest BCUT2D eigenvalue weighted by Gasteiger charge is -2.23. The molecule has 1 amide bonds. The van der Waals surface area contributed by atoms with Gasteiger partial charge in [-0.25, -0.2) is 0 Å². The number of amides is 1. The Morgan fingerprint density at radius 1 is 1.36 bits per heavy atom. The molecule has 1 aliphatic rings. The van der Waals surface area contributed by atoms with Crippen molar-refractivity contribution in [1.82, 2.24) is 4.90 Å². The number of carbonyl (C=O) groups excluding carboxylic acids is 1. The Balaban J connectivity index is 0.00000225. The maximum Gasteiger partial charge on any atom is 0.227 e. The quantitative estimate of drug-likeness (QED) is 0.673. The molecule has 4 rings (SSSR count). The van der Waals surface area contributed by atoms with Gasteiger partial charge in [-0.1, -0.05) is 25.1 Å². The van der Waals surface area contributed by atoms with Crippen LogP contribution in [0.2, 0.25) is 0 Å². The highest BCUT2D eigenvalue weighted by Gasteiger charge is 2.25. The average molecular weight is 419 g/mol. The molecule has 0 bridgehead atoms. The molecule has 0 fully saturated rings. The summed E-state index contributed by atoms with van der Waals surface area (Å²) >= 11 is 1.68. The van der Waals surface area contributed by atoms with E-state index in [-0.39, 0.29) is 30.0 Å². The number of ether oxygens (including phenoxy) is 1. The van der Waals surface area contributed by atoms with Gasteiger partial charge in [-0.05, 0) is 29.1 Å². The molecule has 7 heteroatoms. The van der Waals surface area contributed by atoms with Crippen molar-refractivity contribution in [2.24, 2.45) is 11.7 Å². The fraction of sp³-hybridized carbons (Fsp3) is 0.286. The summed E-state index contributed by atoms with van der Waals surface area (Å²) in [6.45, 7) is 3.38. The van der Waals surface area contributed by atoms with Crippen molar-refractivity contribution >= 4 is 39.7 Å². The Kier molecular flexibility index (Phi) is 6.13. The van der Waals surface area contributed by atoms with Gasteiger partial charge in [0.15, 0.2) is 11.5 Å². The summed E-state index contributed by atoms with van der Waals surface area (Å²) in [5.74, 6) is 0.358. The number of nitrogens with two attached hydrogens (primary N) is 1. The maximum atomic E-state index is 12.6. The molecule has 0 spiro atoms. The average Bonchev–Trinajstić information content (AvgIpc) is 2.99. The number of fused-ring (bicyclic) bond motifs is 2. The second-order valence-corrected chi connectivity index (χ2v) is 7.79. The lowest BCUT2D eigenvalue weighted by molar-refractivity contribution is -0.135. The first kappa shape index (κ1) is 20.5. The van der Waals surface area contributed by atoms with Gasteiger partial charge in [0.05, 0.1) is 6.54 Å². The Morgan fingerprint density at radius 2 is 2.14 bits per heavy atom.